The Morgan fingerprint density at radius 1 is 1.16 bits per heavy atom. The number of aliphatic hydroxyl groups is 4. The summed E-state index contributed by atoms with van der Waals surface area (Å²) in [5.74, 6) is -3.18. The van der Waals surface area contributed by atoms with Gasteiger partial charge in [0.15, 0.2) is 5.37 Å². The van der Waals surface area contributed by atoms with E-state index in [-0.39, 0.29) is 5.75 Å². The molecular formula is C9H14NO8S-. The van der Waals surface area contributed by atoms with Crippen LogP contribution in [0.15, 0.2) is 0 Å². The van der Waals surface area contributed by atoms with Crippen LogP contribution in [-0.4, -0.2) is 73.9 Å². The molecule has 0 aromatic carbocycles. The van der Waals surface area contributed by atoms with Crippen molar-refractivity contribution in [2.75, 3.05) is 5.75 Å². The quantitative estimate of drug-likeness (QED) is 0.318. The topological polar surface area (TPSA) is 178 Å². The van der Waals surface area contributed by atoms with Crippen molar-refractivity contribution in [2.24, 2.45) is 0 Å². The summed E-state index contributed by atoms with van der Waals surface area (Å²) in [7, 11) is 0. The van der Waals surface area contributed by atoms with Gasteiger partial charge >= 0.3 is 0 Å². The zero-order valence-electron chi connectivity index (χ0n) is 9.58. The first kappa shape index (κ1) is 16.1. The van der Waals surface area contributed by atoms with Crippen LogP contribution in [0.4, 0.5) is 0 Å². The Labute approximate surface area is 111 Å². The largest absolute Gasteiger partial charge is 0.547 e. The van der Waals surface area contributed by atoms with Crippen molar-refractivity contribution in [1.29, 1.82) is 0 Å². The van der Waals surface area contributed by atoms with Crippen molar-refractivity contribution < 1.29 is 45.5 Å². The molecule has 0 aromatic heterocycles. The fourth-order valence-corrected chi connectivity index (χ4v) is 2.97. The van der Waals surface area contributed by atoms with Gasteiger partial charge in [0.1, 0.15) is 36.4 Å². The number of carboxylic acid groups (broad SMARTS) is 2. The average Bonchev–Trinajstić information content (AvgIpc) is 2.84. The molecule has 6 atom stereocenters. The molecule has 19 heavy (non-hydrogen) atoms. The van der Waals surface area contributed by atoms with E-state index in [0.29, 0.717) is 0 Å². The molecule has 1 aliphatic heterocycles. The van der Waals surface area contributed by atoms with Gasteiger partial charge in [-0.15, -0.1) is 0 Å². The number of carbonyl (C=O) groups excluding carboxylic acids is 2. The Morgan fingerprint density at radius 2 is 1.74 bits per heavy atom. The minimum atomic E-state index is -2.35. The van der Waals surface area contributed by atoms with Gasteiger partial charge in [-0.3, -0.25) is 0 Å². The molecule has 0 aromatic rings. The molecule has 110 valence electrons. The second kappa shape index (κ2) is 6.50. The van der Waals surface area contributed by atoms with E-state index in [4.69, 9.17) is 5.11 Å². The Morgan fingerprint density at radius 3 is 2.16 bits per heavy atom. The highest BCUT2D eigenvalue weighted by Crippen LogP contribution is 2.19. The van der Waals surface area contributed by atoms with Gasteiger partial charge in [0.05, 0.1) is 11.7 Å². The summed E-state index contributed by atoms with van der Waals surface area (Å²) in [6, 6.07) is -0.903. The van der Waals surface area contributed by atoms with E-state index >= 15 is 0 Å². The summed E-state index contributed by atoms with van der Waals surface area (Å²) in [4.78, 5) is 20.9. The summed E-state index contributed by atoms with van der Waals surface area (Å²) in [5, 5.41) is 58.9. The van der Waals surface area contributed by atoms with E-state index in [1.54, 1.807) is 0 Å². The van der Waals surface area contributed by atoms with Crippen molar-refractivity contribution in [3.8, 4) is 0 Å². The Bertz CT molecular complexity index is 353. The third-order valence-electron chi connectivity index (χ3n) is 2.79. The smallest absolute Gasteiger partial charge is 0.162 e. The van der Waals surface area contributed by atoms with E-state index in [2.05, 4.69) is 0 Å². The van der Waals surface area contributed by atoms with Gasteiger partial charge in [-0.1, -0.05) is 11.8 Å². The molecule has 1 rings (SSSR count). The number of rotatable bonds is 6. The van der Waals surface area contributed by atoms with E-state index < -0.39 is 47.8 Å². The normalized spacial score (nSPS) is 29.5. The molecular weight excluding hydrogens is 282 g/mol. The lowest BCUT2D eigenvalue weighted by Gasteiger charge is -2.28. The molecule has 0 amide bonds. The number of thioether (sulfide) groups is 1. The number of aliphatic carboxylic acids is 2. The molecule has 1 fully saturated rings. The highest BCUT2D eigenvalue weighted by atomic mass is 32.2. The van der Waals surface area contributed by atoms with Crippen molar-refractivity contribution in [1.82, 2.24) is 0 Å². The second-order valence-electron chi connectivity index (χ2n) is 4.15. The Hall–Kier alpha value is -0.910. The van der Waals surface area contributed by atoms with Gasteiger partial charge in [-0.25, -0.2) is 0 Å². The van der Waals surface area contributed by atoms with Crippen molar-refractivity contribution in [3.05, 3.63) is 0 Å². The zero-order valence-corrected chi connectivity index (χ0v) is 10.4. The van der Waals surface area contributed by atoms with Crippen molar-refractivity contribution in [2.45, 2.75) is 35.8 Å². The summed E-state index contributed by atoms with van der Waals surface area (Å²) in [6.45, 7) is 0. The lowest BCUT2D eigenvalue weighted by atomic mass is 10.0. The van der Waals surface area contributed by atoms with Crippen LogP contribution < -0.4 is 15.5 Å². The molecule has 1 aliphatic rings. The fraction of sp³-hybridized carbons (Fsp3) is 0.778. The first-order valence-electron chi connectivity index (χ1n) is 5.36. The standard InChI is InChI=1S/C9H15NO8S/c11-3(4(12)6(14)9(17)18)5(13)7-10-2(1-19-7)8(15)16/h2-7,10-14H,1H2,(H,15,16)(H,17,18)/p-1/t2-,3+,4-,5+,6-,7+/m0/s1. The molecule has 0 aliphatic carbocycles. The molecule has 6 N–H and O–H groups in total. The predicted octanol–water partition coefficient (Wildman–Crippen LogP) is -7.07. The minimum Gasteiger partial charge on any atom is -0.547 e. The first-order valence-corrected chi connectivity index (χ1v) is 6.41. The monoisotopic (exact) mass is 296 g/mol. The highest BCUT2D eigenvalue weighted by Gasteiger charge is 2.42. The lowest BCUT2D eigenvalue weighted by molar-refractivity contribution is -0.692. The van der Waals surface area contributed by atoms with E-state index in [9.17, 15) is 35.1 Å². The first-order chi connectivity index (χ1) is 8.75. The number of aliphatic hydroxyl groups excluding tert-OH is 4. The van der Waals surface area contributed by atoms with Gasteiger partial charge in [0.25, 0.3) is 0 Å². The number of carbonyl (C=O) groups is 2. The Balaban J connectivity index is 2.60. The maximum Gasteiger partial charge on any atom is 0.162 e. The van der Waals surface area contributed by atoms with Gasteiger partial charge < -0.3 is 45.5 Å². The summed E-state index contributed by atoms with van der Waals surface area (Å²) >= 11 is 1.01. The number of nitrogens with two attached hydrogens (primary N) is 1. The van der Waals surface area contributed by atoms with Crippen molar-refractivity contribution in [3.63, 3.8) is 0 Å². The fourth-order valence-electron chi connectivity index (χ4n) is 1.64. The predicted molar refractivity (Wildman–Crippen MR) is 56.0 cm³/mol. The highest BCUT2D eigenvalue weighted by molar-refractivity contribution is 8.00. The van der Waals surface area contributed by atoms with Gasteiger partial charge in [0, 0.05) is 0 Å². The van der Waals surface area contributed by atoms with E-state index in [1.807, 2.05) is 0 Å². The minimum absolute atomic E-state index is 0.135. The maximum absolute atomic E-state index is 10.6. The van der Waals surface area contributed by atoms with Gasteiger partial charge in [-0.2, -0.15) is 0 Å². The van der Waals surface area contributed by atoms with Crippen molar-refractivity contribution >= 4 is 23.7 Å². The molecule has 9 nitrogen and oxygen atoms in total. The molecule has 0 bridgehead atoms. The number of quaternary nitrogens is 1. The van der Waals surface area contributed by atoms with E-state index in [1.165, 1.54) is 5.32 Å². The summed E-state index contributed by atoms with van der Waals surface area (Å²) in [5.41, 5.74) is 0. The number of hydrogen-bond donors (Lipinski definition) is 5. The van der Waals surface area contributed by atoms with Crippen LogP contribution in [0.3, 0.4) is 0 Å². The summed E-state index contributed by atoms with van der Waals surface area (Å²) < 4.78 is 0. The second-order valence-corrected chi connectivity index (χ2v) is 5.36. The molecule has 0 radical (unpaired) electrons. The Kier molecular flexibility index (Phi) is 5.52. The van der Waals surface area contributed by atoms with Crippen LogP contribution >= 0.6 is 11.8 Å². The third kappa shape index (κ3) is 3.78. The zero-order chi connectivity index (χ0) is 14.7. The summed E-state index contributed by atoms with van der Waals surface area (Å²) in [6.07, 6.45) is -8.08. The molecule has 0 unspecified atom stereocenters. The average molecular weight is 296 g/mol. The van der Waals surface area contributed by atoms with Crippen LogP contribution in [0.25, 0.3) is 0 Å². The van der Waals surface area contributed by atoms with E-state index in [0.717, 1.165) is 11.8 Å². The SMILES string of the molecule is O=C([O-])[C@@H]1CS[C@H]([C@H](O)[C@H](O)[C@H](O)[C@H](O)C(=O)[O-])[NH2+]1. The molecule has 0 spiro atoms. The van der Waals surface area contributed by atoms with Crippen LogP contribution in [0.1, 0.15) is 0 Å². The van der Waals surface area contributed by atoms with Crippen LogP contribution in [0.2, 0.25) is 0 Å². The van der Waals surface area contributed by atoms with Gasteiger partial charge in [0.2, 0.25) is 0 Å². The van der Waals surface area contributed by atoms with Crippen LogP contribution in [-0.2, 0) is 9.59 Å². The molecule has 1 saturated heterocycles. The maximum atomic E-state index is 10.6. The van der Waals surface area contributed by atoms with Crippen LogP contribution in [0, 0.1) is 0 Å². The number of carboxylic acids is 2. The van der Waals surface area contributed by atoms with Crippen LogP contribution in [0.5, 0.6) is 0 Å². The third-order valence-corrected chi connectivity index (χ3v) is 4.17. The molecule has 0 saturated carbocycles. The lowest BCUT2D eigenvalue weighted by Crippen LogP contribution is -2.96. The number of hydrogen-bond acceptors (Lipinski definition) is 9. The molecule has 10 heteroatoms. The van der Waals surface area contributed by atoms with Gasteiger partial charge in [-0.05, 0) is 0 Å². The molecule has 1 heterocycles.